The quantitative estimate of drug-likeness (QED) is 0.593. The average Bonchev–Trinajstić information content (AvgIpc) is 2.79. The molecule has 160 valence electrons. The zero-order valence-electron chi connectivity index (χ0n) is 17.4. The molecule has 1 saturated heterocycles. The van der Waals surface area contributed by atoms with Gasteiger partial charge in [0.15, 0.2) is 0 Å². The summed E-state index contributed by atoms with van der Waals surface area (Å²) in [5.74, 6) is 2.89. The van der Waals surface area contributed by atoms with Crippen LogP contribution >= 0.6 is 15.9 Å². The number of aryl methyl sites for hydroxylation is 1. The van der Waals surface area contributed by atoms with E-state index in [1.54, 1.807) is 25.7 Å². The number of halogens is 1. The normalized spacial score (nSPS) is 13.8. The third-order valence-corrected chi connectivity index (χ3v) is 5.81. The van der Waals surface area contributed by atoms with Crippen LogP contribution in [0, 0.1) is 6.92 Å². The van der Waals surface area contributed by atoms with Crippen molar-refractivity contribution in [2.45, 2.75) is 6.92 Å². The Bertz CT molecular complexity index is 1090. The maximum absolute atomic E-state index is 13.0. The maximum atomic E-state index is 13.0. The van der Waals surface area contributed by atoms with Gasteiger partial charge in [-0.05, 0) is 58.7 Å². The van der Waals surface area contributed by atoms with Crippen molar-refractivity contribution in [1.82, 2.24) is 19.9 Å². The minimum atomic E-state index is -0.0130. The largest absolute Gasteiger partial charge is 0.497 e. The number of anilines is 3. The lowest BCUT2D eigenvalue weighted by Crippen LogP contribution is -2.49. The molecule has 1 fully saturated rings. The van der Waals surface area contributed by atoms with Gasteiger partial charge >= 0.3 is 0 Å². The van der Waals surface area contributed by atoms with Crippen LogP contribution in [-0.2, 0) is 0 Å². The SMILES string of the molecule is COc1ccc(Br)c(C(=O)N2CCN(c3cc(Nc4cc(C)ccn4)ncn3)CC2)c1. The van der Waals surface area contributed by atoms with Crippen molar-refractivity contribution in [1.29, 1.82) is 0 Å². The number of nitrogens with one attached hydrogen (secondary N) is 1. The van der Waals surface area contributed by atoms with Gasteiger partial charge in [-0.25, -0.2) is 15.0 Å². The average molecular weight is 483 g/mol. The van der Waals surface area contributed by atoms with Gasteiger partial charge in [-0.15, -0.1) is 0 Å². The van der Waals surface area contributed by atoms with Gasteiger partial charge < -0.3 is 19.9 Å². The van der Waals surface area contributed by atoms with E-state index in [0.29, 0.717) is 43.3 Å². The van der Waals surface area contributed by atoms with Crippen LogP contribution < -0.4 is 15.0 Å². The number of methoxy groups -OCH3 is 1. The highest BCUT2D eigenvalue weighted by molar-refractivity contribution is 9.10. The zero-order valence-corrected chi connectivity index (χ0v) is 19.0. The fraction of sp³-hybridized carbons (Fsp3) is 0.273. The molecule has 8 nitrogen and oxygen atoms in total. The Morgan fingerprint density at radius 2 is 1.81 bits per heavy atom. The number of pyridine rings is 1. The molecule has 0 unspecified atom stereocenters. The molecule has 1 aliphatic heterocycles. The van der Waals surface area contributed by atoms with Gasteiger partial charge in [0, 0.05) is 42.9 Å². The minimum Gasteiger partial charge on any atom is -0.497 e. The number of aromatic nitrogens is 3. The molecule has 3 aromatic rings. The third kappa shape index (κ3) is 4.93. The Morgan fingerprint density at radius 3 is 2.55 bits per heavy atom. The molecule has 1 amide bonds. The monoisotopic (exact) mass is 482 g/mol. The first-order chi connectivity index (χ1) is 15.0. The summed E-state index contributed by atoms with van der Waals surface area (Å²) in [6.07, 6.45) is 3.30. The molecule has 0 radical (unpaired) electrons. The van der Waals surface area contributed by atoms with Crippen molar-refractivity contribution in [2.75, 3.05) is 43.5 Å². The van der Waals surface area contributed by atoms with Crippen molar-refractivity contribution in [2.24, 2.45) is 0 Å². The Hall–Kier alpha value is -3.20. The van der Waals surface area contributed by atoms with E-state index in [4.69, 9.17) is 4.74 Å². The van der Waals surface area contributed by atoms with Crippen LogP contribution in [0.2, 0.25) is 0 Å². The van der Waals surface area contributed by atoms with Crippen molar-refractivity contribution >= 4 is 39.3 Å². The molecular formula is C22H23BrN6O2. The fourth-order valence-electron chi connectivity index (χ4n) is 3.43. The second kappa shape index (κ2) is 9.30. The van der Waals surface area contributed by atoms with Gasteiger partial charge in [0.2, 0.25) is 0 Å². The smallest absolute Gasteiger partial charge is 0.255 e. The molecule has 9 heteroatoms. The van der Waals surface area contributed by atoms with Crippen molar-refractivity contribution in [3.8, 4) is 5.75 Å². The van der Waals surface area contributed by atoms with Gasteiger partial charge in [0.05, 0.1) is 12.7 Å². The highest BCUT2D eigenvalue weighted by Crippen LogP contribution is 2.25. The summed E-state index contributed by atoms with van der Waals surface area (Å²) in [5, 5.41) is 3.22. The van der Waals surface area contributed by atoms with Crippen LogP contribution in [0.3, 0.4) is 0 Å². The molecule has 1 N–H and O–H groups in total. The summed E-state index contributed by atoms with van der Waals surface area (Å²) in [4.78, 5) is 30.0. The second-order valence-corrected chi connectivity index (χ2v) is 8.08. The lowest BCUT2D eigenvalue weighted by Gasteiger charge is -2.35. The van der Waals surface area contributed by atoms with E-state index in [2.05, 4.69) is 41.1 Å². The number of carbonyl (C=O) groups excluding carboxylic acids is 1. The summed E-state index contributed by atoms with van der Waals surface area (Å²) in [6, 6.07) is 11.2. The molecule has 3 heterocycles. The van der Waals surface area contributed by atoms with Crippen LogP contribution in [0.5, 0.6) is 5.75 Å². The topological polar surface area (TPSA) is 83.5 Å². The van der Waals surface area contributed by atoms with Gasteiger partial charge in [-0.3, -0.25) is 4.79 Å². The zero-order chi connectivity index (χ0) is 21.8. The molecule has 0 bridgehead atoms. The number of amides is 1. The maximum Gasteiger partial charge on any atom is 0.255 e. The van der Waals surface area contributed by atoms with Crippen molar-refractivity contribution < 1.29 is 9.53 Å². The number of nitrogens with zero attached hydrogens (tertiary/aromatic N) is 5. The van der Waals surface area contributed by atoms with Crippen LogP contribution in [0.1, 0.15) is 15.9 Å². The summed E-state index contributed by atoms with van der Waals surface area (Å²) < 4.78 is 6.02. The van der Waals surface area contributed by atoms with Crippen molar-refractivity contribution in [3.05, 3.63) is 64.5 Å². The summed E-state index contributed by atoms with van der Waals surface area (Å²) in [6.45, 7) is 4.60. The predicted molar refractivity (Wildman–Crippen MR) is 123 cm³/mol. The number of rotatable bonds is 5. The van der Waals surface area contributed by atoms with Crippen LogP contribution in [0.15, 0.2) is 53.4 Å². The summed E-state index contributed by atoms with van der Waals surface area (Å²) >= 11 is 3.47. The van der Waals surface area contributed by atoms with E-state index < -0.39 is 0 Å². The number of piperazine rings is 1. The van der Waals surface area contributed by atoms with Gasteiger partial charge in [0.25, 0.3) is 5.91 Å². The highest BCUT2D eigenvalue weighted by Gasteiger charge is 2.24. The first kappa shape index (κ1) is 21.0. The number of benzene rings is 1. The number of hydrogen-bond donors (Lipinski definition) is 1. The van der Waals surface area contributed by atoms with E-state index >= 15 is 0 Å². The van der Waals surface area contributed by atoms with E-state index in [0.717, 1.165) is 21.7 Å². The standard InChI is InChI=1S/C22H23BrN6O2/c1-15-5-6-24-19(11-15)27-20-13-21(26-14-25-20)28-7-9-29(10-8-28)22(30)17-12-16(31-2)3-4-18(17)23/h3-6,11-14H,7-10H2,1-2H3,(H,24,25,26,27). The van der Waals surface area contributed by atoms with Gasteiger partial charge in [0.1, 0.15) is 29.5 Å². The fourth-order valence-corrected chi connectivity index (χ4v) is 3.84. The second-order valence-electron chi connectivity index (χ2n) is 7.23. The molecule has 0 aliphatic carbocycles. The van der Waals surface area contributed by atoms with Crippen LogP contribution in [0.25, 0.3) is 0 Å². The molecule has 2 aromatic heterocycles. The van der Waals surface area contributed by atoms with E-state index in [1.165, 1.54) is 0 Å². The van der Waals surface area contributed by atoms with Crippen LogP contribution in [0.4, 0.5) is 17.5 Å². The Kier molecular flexibility index (Phi) is 6.31. The van der Waals surface area contributed by atoms with Crippen LogP contribution in [-0.4, -0.2) is 59.0 Å². The van der Waals surface area contributed by atoms with E-state index in [1.807, 2.05) is 42.2 Å². The Balaban J connectivity index is 1.41. The van der Waals surface area contributed by atoms with Crippen molar-refractivity contribution in [3.63, 3.8) is 0 Å². The molecular weight excluding hydrogens is 460 g/mol. The summed E-state index contributed by atoms with van der Waals surface area (Å²) in [5.41, 5.74) is 1.72. The first-order valence-corrected chi connectivity index (χ1v) is 10.7. The molecule has 1 aliphatic rings. The Morgan fingerprint density at radius 1 is 1.03 bits per heavy atom. The lowest BCUT2D eigenvalue weighted by atomic mass is 10.1. The third-order valence-electron chi connectivity index (χ3n) is 5.12. The lowest BCUT2D eigenvalue weighted by molar-refractivity contribution is 0.0745. The van der Waals surface area contributed by atoms with E-state index in [9.17, 15) is 4.79 Å². The molecule has 0 atom stereocenters. The van der Waals surface area contributed by atoms with Gasteiger partial charge in [-0.1, -0.05) is 0 Å². The minimum absolute atomic E-state index is 0.0130. The number of hydrogen-bond acceptors (Lipinski definition) is 7. The molecule has 31 heavy (non-hydrogen) atoms. The summed E-state index contributed by atoms with van der Waals surface area (Å²) in [7, 11) is 1.59. The molecule has 1 aromatic carbocycles. The van der Waals surface area contributed by atoms with E-state index in [-0.39, 0.29) is 5.91 Å². The molecule has 4 rings (SSSR count). The van der Waals surface area contributed by atoms with Gasteiger partial charge in [-0.2, -0.15) is 0 Å². The highest BCUT2D eigenvalue weighted by atomic mass is 79.9. The predicted octanol–water partition coefficient (Wildman–Crippen LogP) is 3.66. The molecule has 0 saturated carbocycles. The first-order valence-electron chi connectivity index (χ1n) is 9.93. The number of ether oxygens (including phenoxy) is 1. The molecule has 0 spiro atoms. The Labute approximate surface area is 189 Å². The number of carbonyl (C=O) groups is 1.